The summed E-state index contributed by atoms with van der Waals surface area (Å²) in [5.41, 5.74) is 4.60. The Morgan fingerprint density at radius 3 is 2.45 bits per heavy atom. The number of aryl methyl sites for hydroxylation is 2. The molecule has 106 valence electrons. The summed E-state index contributed by atoms with van der Waals surface area (Å²) in [4.78, 5) is 0. The van der Waals surface area contributed by atoms with Crippen molar-refractivity contribution in [3.8, 4) is 0 Å². The minimum absolute atomic E-state index is 0.175. The first-order chi connectivity index (χ1) is 9.69. The Bertz CT molecular complexity index is 546. The van der Waals surface area contributed by atoms with Crippen LogP contribution in [-0.2, 0) is 13.0 Å². The molecule has 0 saturated heterocycles. The van der Waals surface area contributed by atoms with Crippen molar-refractivity contribution in [2.45, 2.75) is 39.7 Å². The molecule has 0 bridgehead atoms. The van der Waals surface area contributed by atoms with Crippen LogP contribution in [0.25, 0.3) is 0 Å². The molecule has 0 aliphatic rings. The Hall–Kier alpha value is -1.83. The van der Waals surface area contributed by atoms with E-state index in [1.807, 2.05) is 13.0 Å². The summed E-state index contributed by atoms with van der Waals surface area (Å²) in [5.74, 6) is -0.175. The molecule has 0 unspecified atom stereocenters. The van der Waals surface area contributed by atoms with Gasteiger partial charge in [0.1, 0.15) is 5.82 Å². The third kappa shape index (κ3) is 4.09. The van der Waals surface area contributed by atoms with E-state index in [1.165, 1.54) is 24.5 Å². The molecule has 2 aromatic rings. The minimum Gasteiger partial charge on any atom is -0.381 e. The molecule has 1 N–H and O–H groups in total. The summed E-state index contributed by atoms with van der Waals surface area (Å²) in [6.07, 6.45) is 3.61. The first kappa shape index (κ1) is 14.6. The molecule has 0 aliphatic heterocycles. The summed E-state index contributed by atoms with van der Waals surface area (Å²) in [6.45, 7) is 4.87. The van der Waals surface area contributed by atoms with Gasteiger partial charge in [-0.3, -0.25) is 0 Å². The van der Waals surface area contributed by atoms with Crippen LogP contribution in [0.4, 0.5) is 10.1 Å². The molecule has 2 aromatic carbocycles. The van der Waals surface area contributed by atoms with Crippen molar-refractivity contribution in [3.63, 3.8) is 0 Å². The monoisotopic (exact) mass is 271 g/mol. The fourth-order valence-corrected chi connectivity index (χ4v) is 2.23. The van der Waals surface area contributed by atoms with Crippen LogP contribution >= 0.6 is 0 Å². The Morgan fingerprint density at radius 2 is 1.80 bits per heavy atom. The lowest BCUT2D eigenvalue weighted by molar-refractivity contribution is 0.625. The van der Waals surface area contributed by atoms with Gasteiger partial charge in [0.15, 0.2) is 0 Å². The second-order valence-electron chi connectivity index (χ2n) is 5.22. The van der Waals surface area contributed by atoms with Crippen molar-refractivity contribution < 1.29 is 4.39 Å². The van der Waals surface area contributed by atoms with E-state index in [9.17, 15) is 4.39 Å². The molecule has 2 rings (SSSR count). The zero-order valence-corrected chi connectivity index (χ0v) is 12.2. The second-order valence-corrected chi connectivity index (χ2v) is 5.22. The van der Waals surface area contributed by atoms with E-state index in [0.29, 0.717) is 0 Å². The first-order valence-electron chi connectivity index (χ1n) is 7.27. The average Bonchev–Trinajstić information content (AvgIpc) is 2.45. The van der Waals surface area contributed by atoms with Gasteiger partial charge in [0, 0.05) is 12.2 Å². The zero-order valence-electron chi connectivity index (χ0n) is 12.2. The predicted molar refractivity (Wildman–Crippen MR) is 83.5 cm³/mol. The molecule has 0 atom stereocenters. The van der Waals surface area contributed by atoms with Crippen molar-refractivity contribution in [3.05, 3.63) is 65.0 Å². The topological polar surface area (TPSA) is 12.0 Å². The number of nitrogens with one attached hydrogen (secondary N) is 1. The van der Waals surface area contributed by atoms with Crippen LogP contribution < -0.4 is 5.32 Å². The molecule has 0 saturated carbocycles. The van der Waals surface area contributed by atoms with Crippen LogP contribution in [0.1, 0.15) is 36.5 Å². The summed E-state index contributed by atoms with van der Waals surface area (Å²) in [7, 11) is 0. The molecule has 1 nitrogen and oxygen atoms in total. The van der Waals surface area contributed by atoms with Gasteiger partial charge < -0.3 is 5.32 Å². The fourth-order valence-electron chi connectivity index (χ4n) is 2.23. The van der Waals surface area contributed by atoms with E-state index in [1.54, 1.807) is 6.07 Å². The smallest absolute Gasteiger partial charge is 0.123 e. The molecule has 0 radical (unpaired) electrons. The molecular formula is C18H22FN. The summed E-state index contributed by atoms with van der Waals surface area (Å²) in [5, 5.41) is 3.38. The average molecular weight is 271 g/mol. The molecule has 0 aliphatic carbocycles. The molecule has 0 aromatic heterocycles. The van der Waals surface area contributed by atoms with Crippen molar-refractivity contribution >= 4 is 5.69 Å². The number of rotatable bonds is 6. The van der Waals surface area contributed by atoms with Gasteiger partial charge in [-0.05, 0) is 60.7 Å². The Morgan fingerprint density at radius 1 is 1.05 bits per heavy atom. The lowest BCUT2D eigenvalue weighted by atomic mass is 10.1. The van der Waals surface area contributed by atoms with Gasteiger partial charge in [-0.25, -0.2) is 4.39 Å². The van der Waals surface area contributed by atoms with Crippen LogP contribution in [0.2, 0.25) is 0 Å². The molecule has 0 spiro atoms. The van der Waals surface area contributed by atoms with E-state index in [4.69, 9.17) is 0 Å². The number of hydrogen-bond donors (Lipinski definition) is 1. The molecule has 0 fully saturated rings. The number of unbranched alkanes of at least 4 members (excludes halogenated alkanes) is 1. The van der Waals surface area contributed by atoms with Gasteiger partial charge in [-0.1, -0.05) is 31.5 Å². The highest BCUT2D eigenvalue weighted by Crippen LogP contribution is 2.15. The predicted octanol–water partition coefficient (Wildman–Crippen LogP) is 5.09. The Balaban J connectivity index is 1.93. The van der Waals surface area contributed by atoms with Crippen molar-refractivity contribution in [2.24, 2.45) is 0 Å². The van der Waals surface area contributed by atoms with Crippen molar-refractivity contribution in [1.82, 2.24) is 0 Å². The van der Waals surface area contributed by atoms with Crippen molar-refractivity contribution in [2.75, 3.05) is 5.32 Å². The normalized spacial score (nSPS) is 10.6. The van der Waals surface area contributed by atoms with E-state index >= 15 is 0 Å². The lowest BCUT2D eigenvalue weighted by Gasteiger charge is -2.10. The molecule has 0 amide bonds. The number of benzene rings is 2. The fraction of sp³-hybridized carbons (Fsp3) is 0.333. The maximum Gasteiger partial charge on any atom is 0.123 e. The first-order valence-corrected chi connectivity index (χ1v) is 7.27. The largest absolute Gasteiger partial charge is 0.381 e. The number of halogens is 1. The highest BCUT2D eigenvalue weighted by molar-refractivity contribution is 5.45. The summed E-state index contributed by atoms with van der Waals surface area (Å²) < 4.78 is 13.0. The van der Waals surface area contributed by atoms with Crippen LogP contribution in [-0.4, -0.2) is 0 Å². The van der Waals surface area contributed by atoms with Gasteiger partial charge in [-0.2, -0.15) is 0 Å². The van der Waals surface area contributed by atoms with Crippen LogP contribution in [0.15, 0.2) is 42.5 Å². The lowest BCUT2D eigenvalue weighted by Crippen LogP contribution is -2.01. The Labute approximate surface area is 120 Å². The van der Waals surface area contributed by atoms with Crippen LogP contribution in [0, 0.1) is 12.7 Å². The maximum absolute atomic E-state index is 13.0. The van der Waals surface area contributed by atoms with Crippen LogP contribution in [0.5, 0.6) is 0 Å². The summed E-state index contributed by atoms with van der Waals surface area (Å²) >= 11 is 0. The van der Waals surface area contributed by atoms with E-state index in [2.05, 4.69) is 36.5 Å². The van der Waals surface area contributed by atoms with Crippen LogP contribution in [0.3, 0.4) is 0 Å². The standard InChI is InChI=1S/C18H22FN/c1-3-4-5-15-6-10-18(11-7-15)20-13-16-8-9-17(19)12-14(16)2/h6-12,20H,3-5,13H2,1-2H3. The SMILES string of the molecule is CCCCc1ccc(NCc2ccc(F)cc2C)cc1. The van der Waals surface area contributed by atoms with E-state index in [-0.39, 0.29) is 5.82 Å². The van der Waals surface area contributed by atoms with Gasteiger partial charge in [0.05, 0.1) is 0 Å². The molecule has 20 heavy (non-hydrogen) atoms. The maximum atomic E-state index is 13.0. The van der Waals surface area contributed by atoms with Gasteiger partial charge in [0.25, 0.3) is 0 Å². The molecule has 0 heterocycles. The van der Waals surface area contributed by atoms with E-state index in [0.717, 1.165) is 29.8 Å². The molecule has 2 heteroatoms. The highest BCUT2D eigenvalue weighted by Gasteiger charge is 2.00. The minimum atomic E-state index is -0.175. The van der Waals surface area contributed by atoms with Crippen molar-refractivity contribution in [1.29, 1.82) is 0 Å². The zero-order chi connectivity index (χ0) is 14.4. The quantitative estimate of drug-likeness (QED) is 0.771. The highest BCUT2D eigenvalue weighted by atomic mass is 19.1. The number of hydrogen-bond acceptors (Lipinski definition) is 1. The van der Waals surface area contributed by atoms with Gasteiger partial charge in [0.2, 0.25) is 0 Å². The van der Waals surface area contributed by atoms with Gasteiger partial charge in [-0.15, -0.1) is 0 Å². The Kier molecular flexibility index (Phi) is 5.16. The third-order valence-corrected chi connectivity index (χ3v) is 3.56. The molecular weight excluding hydrogens is 249 g/mol. The number of anilines is 1. The van der Waals surface area contributed by atoms with Gasteiger partial charge >= 0.3 is 0 Å². The third-order valence-electron chi connectivity index (χ3n) is 3.56. The summed E-state index contributed by atoms with van der Waals surface area (Å²) in [6, 6.07) is 13.5. The second kappa shape index (κ2) is 7.09. The van der Waals surface area contributed by atoms with E-state index < -0.39 is 0 Å².